The van der Waals surface area contributed by atoms with Gasteiger partial charge in [0, 0.05) is 25.2 Å². The maximum atomic E-state index is 13.2. The van der Waals surface area contributed by atoms with Gasteiger partial charge in [-0.3, -0.25) is 0 Å². The van der Waals surface area contributed by atoms with E-state index in [2.05, 4.69) is 11.9 Å². The number of nitrogens with one attached hydrogen (secondary N) is 1. The standard InChI is InChI=1S/C20H24F2N2O/c1-13(2)16-5-3-4-14(6-16)11-24-12-20(25)19(23)9-15-7-17(21)10-18(22)8-15/h3-8,10,19-20,24-25H,1,9,11-12,23H2,2H3/t19-,20+/m0/s1. The Morgan fingerprint density at radius 1 is 1.16 bits per heavy atom. The summed E-state index contributed by atoms with van der Waals surface area (Å²) >= 11 is 0. The lowest BCUT2D eigenvalue weighted by atomic mass is 10.0. The molecule has 0 heterocycles. The Hall–Kier alpha value is -2.08. The molecule has 3 nitrogen and oxygen atoms in total. The smallest absolute Gasteiger partial charge is 0.126 e. The third-order valence-corrected chi connectivity index (χ3v) is 3.99. The van der Waals surface area contributed by atoms with Gasteiger partial charge in [0.15, 0.2) is 0 Å². The zero-order valence-electron chi connectivity index (χ0n) is 14.3. The van der Waals surface area contributed by atoms with Crippen LogP contribution in [0.15, 0.2) is 49.0 Å². The van der Waals surface area contributed by atoms with Crippen molar-refractivity contribution >= 4 is 5.57 Å². The van der Waals surface area contributed by atoms with Crippen LogP contribution in [0, 0.1) is 11.6 Å². The fourth-order valence-electron chi connectivity index (χ4n) is 2.60. The average Bonchev–Trinajstić information content (AvgIpc) is 2.54. The Labute approximate surface area is 147 Å². The van der Waals surface area contributed by atoms with Crippen LogP contribution in [-0.4, -0.2) is 23.8 Å². The van der Waals surface area contributed by atoms with Crippen molar-refractivity contribution in [2.45, 2.75) is 32.0 Å². The van der Waals surface area contributed by atoms with Gasteiger partial charge >= 0.3 is 0 Å². The molecule has 0 fully saturated rings. The second kappa shape index (κ2) is 8.85. The Morgan fingerprint density at radius 3 is 2.48 bits per heavy atom. The minimum Gasteiger partial charge on any atom is -0.390 e. The number of aliphatic hydroxyl groups is 1. The minimum atomic E-state index is -0.823. The molecule has 0 spiro atoms. The fourth-order valence-corrected chi connectivity index (χ4v) is 2.60. The molecule has 134 valence electrons. The molecule has 2 atom stereocenters. The summed E-state index contributed by atoms with van der Waals surface area (Å²) in [6, 6.07) is 10.6. The summed E-state index contributed by atoms with van der Waals surface area (Å²) < 4.78 is 26.4. The van der Waals surface area contributed by atoms with E-state index in [4.69, 9.17) is 5.73 Å². The van der Waals surface area contributed by atoms with E-state index < -0.39 is 23.8 Å². The third-order valence-electron chi connectivity index (χ3n) is 3.99. The molecule has 0 unspecified atom stereocenters. The van der Waals surface area contributed by atoms with Crippen LogP contribution in [-0.2, 0) is 13.0 Å². The largest absolute Gasteiger partial charge is 0.390 e. The van der Waals surface area contributed by atoms with Crippen molar-refractivity contribution in [3.05, 3.63) is 77.4 Å². The molecule has 0 aliphatic heterocycles. The molecule has 25 heavy (non-hydrogen) atoms. The predicted octanol–water partition coefficient (Wildman–Crippen LogP) is 3.02. The maximum Gasteiger partial charge on any atom is 0.126 e. The van der Waals surface area contributed by atoms with Crippen LogP contribution in [0.1, 0.15) is 23.6 Å². The molecular weight excluding hydrogens is 322 g/mol. The van der Waals surface area contributed by atoms with Crippen LogP contribution < -0.4 is 11.1 Å². The summed E-state index contributed by atoms with van der Waals surface area (Å²) in [4.78, 5) is 0. The van der Waals surface area contributed by atoms with Crippen LogP contribution in [0.3, 0.4) is 0 Å². The molecule has 0 bridgehead atoms. The highest BCUT2D eigenvalue weighted by Crippen LogP contribution is 2.13. The van der Waals surface area contributed by atoms with Crippen LogP contribution in [0.2, 0.25) is 0 Å². The van der Waals surface area contributed by atoms with Crippen LogP contribution in [0.4, 0.5) is 8.78 Å². The molecule has 0 aromatic heterocycles. The van der Waals surface area contributed by atoms with E-state index in [-0.39, 0.29) is 13.0 Å². The summed E-state index contributed by atoms with van der Waals surface area (Å²) in [5.41, 5.74) is 9.52. The van der Waals surface area contributed by atoms with Crippen LogP contribution in [0.5, 0.6) is 0 Å². The van der Waals surface area contributed by atoms with Gasteiger partial charge in [0.2, 0.25) is 0 Å². The lowest BCUT2D eigenvalue weighted by Crippen LogP contribution is -2.43. The van der Waals surface area contributed by atoms with Crippen molar-refractivity contribution in [3.8, 4) is 0 Å². The lowest BCUT2D eigenvalue weighted by Gasteiger charge is -2.19. The van der Waals surface area contributed by atoms with Crippen molar-refractivity contribution in [1.82, 2.24) is 5.32 Å². The minimum absolute atomic E-state index is 0.197. The number of halogens is 2. The van der Waals surface area contributed by atoms with Gasteiger partial charge in [0.1, 0.15) is 11.6 Å². The molecule has 2 aromatic carbocycles. The normalized spacial score (nSPS) is 13.5. The summed E-state index contributed by atoms with van der Waals surface area (Å²) in [5, 5.41) is 13.3. The van der Waals surface area contributed by atoms with Crippen molar-refractivity contribution in [2.24, 2.45) is 5.73 Å². The van der Waals surface area contributed by atoms with Crippen LogP contribution in [0.25, 0.3) is 5.57 Å². The second-order valence-corrected chi connectivity index (χ2v) is 6.32. The van der Waals surface area contributed by atoms with Gasteiger partial charge in [0.25, 0.3) is 0 Å². The van der Waals surface area contributed by atoms with Gasteiger partial charge in [-0.1, -0.05) is 36.4 Å². The first-order valence-corrected chi connectivity index (χ1v) is 8.19. The predicted molar refractivity (Wildman–Crippen MR) is 96.9 cm³/mol. The number of hydrogen-bond acceptors (Lipinski definition) is 3. The summed E-state index contributed by atoms with van der Waals surface area (Å²) in [6.07, 6.45) is -0.626. The van der Waals surface area contributed by atoms with Gasteiger partial charge in [-0.2, -0.15) is 0 Å². The van der Waals surface area contributed by atoms with Crippen LogP contribution >= 0.6 is 0 Å². The first-order chi connectivity index (χ1) is 11.8. The first kappa shape index (κ1) is 19.2. The molecule has 2 aromatic rings. The van der Waals surface area contributed by atoms with E-state index in [1.54, 1.807) is 0 Å². The Bertz CT molecular complexity index is 713. The molecule has 0 saturated heterocycles. The van der Waals surface area contributed by atoms with Crippen molar-refractivity contribution < 1.29 is 13.9 Å². The highest BCUT2D eigenvalue weighted by atomic mass is 19.1. The van der Waals surface area contributed by atoms with Gasteiger partial charge in [-0.15, -0.1) is 0 Å². The van der Waals surface area contributed by atoms with Crippen molar-refractivity contribution in [1.29, 1.82) is 0 Å². The maximum absolute atomic E-state index is 13.2. The van der Waals surface area contributed by atoms with E-state index in [0.29, 0.717) is 12.1 Å². The van der Waals surface area contributed by atoms with Gasteiger partial charge < -0.3 is 16.2 Å². The van der Waals surface area contributed by atoms with Crippen molar-refractivity contribution in [3.63, 3.8) is 0 Å². The number of benzene rings is 2. The topological polar surface area (TPSA) is 58.3 Å². The Morgan fingerprint density at radius 2 is 1.84 bits per heavy atom. The molecule has 0 aliphatic carbocycles. The zero-order valence-corrected chi connectivity index (χ0v) is 14.3. The lowest BCUT2D eigenvalue weighted by molar-refractivity contribution is 0.141. The molecule has 4 N–H and O–H groups in total. The average molecular weight is 346 g/mol. The summed E-state index contributed by atoms with van der Waals surface area (Å²) in [5.74, 6) is -1.29. The number of hydrogen-bond donors (Lipinski definition) is 3. The first-order valence-electron chi connectivity index (χ1n) is 8.19. The van der Waals surface area contributed by atoms with Gasteiger partial charge in [-0.25, -0.2) is 8.78 Å². The molecule has 2 rings (SSSR count). The quantitative estimate of drug-likeness (QED) is 0.689. The third kappa shape index (κ3) is 6.05. The SMILES string of the molecule is C=C(C)c1cccc(CNC[C@@H](O)[C@@H](N)Cc2cc(F)cc(F)c2)c1. The molecular formula is C20H24F2N2O. The van der Waals surface area contributed by atoms with E-state index in [9.17, 15) is 13.9 Å². The fraction of sp³-hybridized carbons (Fsp3) is 0.300. The Kier molecular flexibility index (Phi) is 6.82. The number of rotatable bonds is 8. The number of aliphatic hydroxyl groups excluding tert-OH is 1. The monoisotopic (exact) mass is 346 g/mol. The van der Waals surface area contributed by atoms with E-state index in [1.165, 1.54) is 12.1 Å². The summed E-state index contributed by atoms with van der Waals surface area (Å²) in [7, 11) is 0. The molecule has 0 radical (unpaired) electrons. The van der Waals surface area contributed by atoms with E-state index in [1.807, 2.05) is 31.2 Å². The highest BCUT2D eigenvalue weighted by molar-refractivity contribution is 5.61. The highest BCUT2D eigenvalue weighted by Gasteiger charge is 2.16. The Balaban J connectivity index is 1.84. The number of allylic oxidation sites excluding steroid dienone is 1. The number of nitrogens with two attached hydrogens (primary N) is 1. The zero-order chi connectivity index (χ0) is 18.4. The summed E-state index contributed by atoms with van der Waals surface area (Å²) in [6.45, 7) is 6.74. The molecule has 0 amide bonds. The van der Waals surface area contributed by atoms with Crippen molar-refractivity contribution in [2.75, 3.05) is 6.54 Å². The molecule has 5 heteroatoms. The van der Waals surface area contributed by atoms with Gasteiger partial charge in [0.05, 0.1) is 6.10 Å². The molecule has 0 aliphatic rings. The van der Waals surface area contributed by atoms with E-state index in [0.717, 1.165) is 22.8 Å². The van der Waals surface area contributed by atoms with Gasteiger partial charge in [-0.05, 0) is 42.2 Å². The van der Waals surface area contributed by atoms with E-state index >= 15 is 0 Å². The molecule has 0 saturated carbocycles. The second-order valence-electron chi connectivity index (χ2n) is 6.32.